The molecule has 1 aromatic carbocycles. The Morgan fingerprint density at radius 2 is 2.05 bits per heavy atom. The summed E-state index contributed by atoms with van der Waals surface area (Å²) >= 11 is 3.51. The molecule has 0 unspecified atom stereocenters. The van der Waals surface area contributed by atoms with Crippen LogP contribution in [0.3, 0.4) is 0 Å². The topological polar surface area (TPSA) is 49.8 Å². The second-order valence-corrected chi connectivity index (χ2v) is 5.45. The molecular weight excluding hydrogens is 316 g/mol. The largest absolute Gasteiger partial charge is 0.354 e. The van der Waals surface area contributed by atoms with Gasteiger partial charge >= 0.3 is 0 Å². The summed E-state index contributed by atoms with van der Waals surface area (Å²) in [6, 6.07) is 6.23. The number of aromatic nitrogens is 2. The lowest BCUT2D eigenvalue weighted by molar-refractivity contribution is 1.07. The monoisotopic (exact) mass is 334 g/mol. The van der Waals surface area contributed by atoms with Crippen LogP contribution in [0.1, 0.15) is 25.0 Å². The van der Waals surface area contributed by atoms with Crippen LogP contribution in [0.5, 0.6) is 0 Å². The first kappa shape index (κ1) is 14.8. The highest BCUT2D eigenvalue weighted by Gasteiger charge is 2.07. The molecule has 0 aliphatic rings. The first-order valence-electron chi connectivity index (χ1n) is 6.77. The van der Waals surface area contributed by atoms with Crippen molar-refractivity contribution in [3.8, 4) is 0 Å². The summed E-state index contributed by atoms with van der Waals surface area (Å²) in [6.45, 7) is 6.98. The second kappa shape index (κ2) is 6.70. The van der Waals surface area contributed by atoms with Crippen LogP contribution in [0.4, 0.5) is 17.5 Å². The molecule has 2 rings (SSSR count). The van der Waals surface area contributed by atoms with Crippen LogP contribution in [0.25, 0.3) is 0 Å². The number of aryl methyl sites for hydroxylation is 2. The molecule has 106 valence electrons. The van der Waals surface area contributed by atoms with Gasteiger partial charge < -0.3 is 10.6 Å². The lowest BCUT2D eigenvalue weighted by Crippen LogP contribution is -2.06. The standard InChI is InChI=1S/C15H19BrN4/c1-4-11-8-12(16)6-7-13(11)19-14-10(3)9-18-15(20-14)17-5-2/h6-9H,4-5H2,1-3H3,(H2,17,18,19,20). The molecule has 0 aliphatic carbocycles. The summed E-state index contributed by atoms with van der Waals surface area (Å²) in [5, 5.41) is 6.53. The Labute approximate surface area is 128 Å². The van der Waals surface area contributed by atoms with Crippen molar-refractivity contribution in [2.24, 2.45) is 0 Å². The number of benzene rings is 1. The summed E-state index contributed by atoms with van der Waals surface area (Å²) in [5.74, 6) is 1.49. The van der Waals surface area contributed by atoms with Crippen LogP contribution < -0.4 is 10.6 Å². The Hall–Kier alpha value is -1.62. The van der Waals surface area contributed by atoms with E-state index in [1.165, 1.54) is 5.56 Å². The molecule has 0 spiro atoms. The van der Waals surface area contributed by atoms with Gasteiger partial charge in [0.1, 0.15) is 5.82 Å². The van der Waals surface area contributed by atoms with Crippen LogP contribution >= 0.6 is 15.9 Å². The highest BCUT2D eigenvalue weighted by atomic mass is 79.9. The predicted octanol–water partition coefficient (Wildman–Crippen LogP) is 4.29. The zero-order valence-corrected chi connectivity index (χ0v) is 13.6. The molecular formula is C15H19BrN4. The van der Waals surface area contributed by atoms with Crippen molar-refractivity contribution in [1.82, 2.24) is 9.97 Å². The third kappa shape index (κ3) is 3.48. The number of nitrogens with zero attached hydrogens (tertiary/aromatic N) is 2. The van der Waals surface area contributed by atoms with Crippen LogP contribution in [-0.4, -0.2) is 16.5 Å². The number of anilines is 3. The normalized spacial score (nSPS) is 10.4. The molecule has 1 heterocycles. The maximum atomic E-state index is 4.51. The van der Waals surface area contributed by atoms with Gasteiger partial charge in [0.15, 0.2) is 0 Å². The van der Waals surface area contributed by atoms with E-state index in [-0.39, 0.29) is 0 Å². The Balaban J connectivity index is 2.31. The molecule has 0 amide bonds. The van der Waals surface area contributed by atoms with Crippen molar-refractivity contribution in [3.05, 3.63) is 40.0 Å². The van der Waals surface area contributed by atoms with Crippen molar-refractivity contribution in [2.45, 2.75) is 27.2 Å². The molecule has 5 heteroatoms. The maximum Gasteiger partial charge on any atom is 0.224 e. The predicted molar refractivity (Wildman–Crippen MR) is 87.7 cm³/mol. The second-order valence-electron chi connectivity index (χ2n) is 4.54. The van der Waals surface area contributed by atoms with Gasteiger partial charge in [0.05, 0.1) is 0 Å². The maximum absolute atomic E-state index is 4.51. The van der Waals surface area contributed by atoms with E-state index in [1.54, 1.807) is 0 Å². The molecule has 2 N–H and O–H groups in total. The van der Waals surface area contributed by atoms with Gasteiger partial charge in [0.25, 0.3) is 0 Å². The third-order valence-corrected chi connectivity index (χ3v) is 3.50. The van der Waals surface area contributed by atoms with Crippen LogP contribution in [0.2, 0.25) is 0 Å². The molecule has 0 atom stereocenters. The minimum absolute atomic E-state index is 0.649. The quantitative estimate of drug-likeness (QED) is 0.856. The van der Waals surface area contributed by atoms with Crippen molar-refractivity contribution < 1.29 is 0 Å². The van der Waals surface area contributed by atoms with Crippen LogP contribution in [0.15, 0.2) is 28.9 Å². The Bertz CT molecular complexity index is 598. The number of rotatable bonds is 5. The van der Waals surface area contributed by atoms with Gasteiger partial charge in [-0.2, -0.15) is 4.98 Å². The molecule has 1 aromatic heterocycles. The molecule has 0 radical (unpaired) electrons. The van der Waals surface area contributed by atoms with Crippen molar-refractivity contribution >= 4 is 33.4 Å². The Kier molecular flexibility index (Phi) is 4.95. The SMILES string of the molecule is CCNc1ncc(C)c(Nc2ccc(Br)cc2CC)n1. The fourth-order valence-electron chi connectivity index (χ4n) is 1.92. The first-order valence-corrected chi connectivity index (χ1v) is 7.56. The van der Waals surface area contributed by atoms with E-state index in [1.807, 2.05) is 26.1 Å². The Morgan fingerprint density at radius 3 is 2.75 bits per heavy atom. The lowest BCUT2D eigenvalue weighted by Gasteiger charge is -2.13. The van der Waals surface area contributed by atoms with E-state index in [0.29, 0.717) is 5.95 Å². The minimum atomic E-state index is 0.649. The van der Waals surface area contributed by atoms with Gasteiger partial charge in [0.2, 0.25) is 5.95 Å². The summed E-state index contributed by atoms with van der Waals surface area (Å²) < 4.78 is 1.09. The number of hydrogen-bond acceptors (Lipinski definition) is 4. The highest BCUT2D eigenvalue weighted by molar-refractivity contribution is 9.10. The molecule has 0 bridgehead atoms. The highest BCUT2D eigenvalue weighted by Crippen LogP contribution is 2.25. The summed E-state index contributed by atoms with van der Waals surface area (Å²) in [5.41, 5.74) is 3.36. The van der Waals surface area contributed by atoms with Gasteiger partial charge in [-0.1, -0.05) is 22.9 Å². The van der Waals surface area contributed by atoms with Crippen molar-refractivity contribution in [3.63, 3.8) is 0 Å². The minimum Gasteiger partial charge on any atom is -0.354 e. The van der Waals surface area contributed by atoms with Gasteiger partial charge in [-0.25, -0.2) is 4.98 Å². The van der Waals surface area contributed by atoms with E-state index in [2.05, 4.69) is 55.6 Å². The number of nitrogens with one attached hydrogen (secondary N) is 2. The van der Waals surface area contributed by atoms with E-state index in [0.717, 1.165) is 34.5 Å². The van der Waals surface area contributed by atoms with Crippen molar-refractivity contribution in [1.29, 1.82) is 0 Å². The zero-order valence-electron chi connectivity index (χ0n) is 12.0. The van der Waals surface area contributed by atoms with Gasteiger partial charge in [0, 0.05) is 28.5 Å². The molecule has 0 fully saturated rings. The van der Waals surface area contributed by atoms with E-state index >= 15 is 0 Å². The third-order valence-electron chi connectivity index (χ3n) is 3.01. The molecule has 0 saturated carbocycles. The zero-order chi connectivity index (χ0) is 14.5. The summed E-state index contributed by atoms with van der Waals surface area (Å²) in [6.07, 6.45) is 2.80. The molecule has 4 nitrogen and oxygen atoms in total. The fraction of sp³-hybridized carbons (Fsp3) is 0.333. The van der Waals surface area contributed by atoms with Crippen LogP contribution in [0, 0.1) is 6.92 Å². The average molecular weight is 335 g/mol. The summed E-state index contributed by atoms with van der Waals surface area (Å²) in [7, 11) is 0. The van der Waals surface area contributed by atoms with E-state index in [9.17, 15) is 0 Å². The smallest absolute Gasteiger partial charge is 0.224 e. The number of hydrogen-bond donors (Lipinski definition) is 2. The average Bonchev–Trinajstić information content (AvgIpc) is 2.44. The fourth-order valence-corrected chi connectivity index (χ4v) is 2.32. The van der Waals surface area contributed by atoms with Gasteiger partial charge in [-0.05, 0) is 44.0 Å². The molecule has 20 heavy (non-hydrogen) atoms. The van der Waals surface area contributed by atoms with Crippen molar-refractivity contribution in [2.75, 3.05) is 17.2 Å². The molecule has 2 aromatic rings. The summed E-state index contributed by atoms with van der Waals surface area (Å²) in [4.78, 5) is 8.77. The Morgan fingerprint density at radius 1 is 1.25 bits per heavy atom. The van der Waals surface area contributed by atoms with Gasteiger partial charge in [-0.15, -0.1) is 0 Å². The van der Waals surface area contributed by atoms with Gasteiger partial charge in [-0.3, -0.25) is 0 Å². The number of halogens is 1. The van der Waals surface area contributed by atoms with E-state index < -0.39 is 0 Å². The first-order chi connectivity index (χ1) is 9.63. The van der Waals surface area contributed by atoms with E-state index in [4.69, 9.17) is 0 Å². The molecule has 0 aliphatic heterocycles. The van der Waals surface area contributed by atoms with Crippen LogP contribution in [-0.2, 0) is 6.42 Å². The lowest BCUT2D eigenvalue weighted by atomic mass is 10.1. The molecule has 0 saturated heterocycles.